The van der Waals surface area contributed by atoms with E-state index in [4.69, 9.17) is 0 Å². The fourth-order valence-corrected chi connectivity index (χ4v) is 6.63. The molecule has 2 aromatic rings. The summed E-state index contributed by atoms with van der Waals surface area (Å²) in [5.74, 6) is 3.12. The normalized spacial score (nSPS) is 34.0. The molecule has 25 heavy (non-hydrogen) atoms. The maximum atomic E-state index is 3.95. The van der Waals surface area contributed by atoms with Gasteiger partial charge in [-0.1, -0.05) is 42.5 Å². The summed E-state index contributed by atoms with van der Waals surface area (Å²) < 4.78 is 0. The second kappa shape index (κ2) is 6.59. The maximum Gasteiger partial charge on any atom is 0.0214 e. The number of rotatable bonds is 4. The average Bonchev–Trinajstić information content (AvgIpc) is 2.58. The molecular weight excluding hydrogens is 326 g/mol. The number of nitrogens with one attached hydrogen (secondary N) is 1. The van der Waals surface area contributed by atoms with Crippen molar-refractivity contribution >= 4 is 10.8 Å². The number of hydrogen-bond donors (Lipinski definition) is 1. The van der Waals surface area contributed by atoms with Crippen molar-refractivity contribution < 1.29 is 12.4 Å². The molecule has 6 rings (SSSR count). The zero-order chi connectivity index (χ0) is 16.1. The third kappa shape index (κ3) is 3.00. The first-order valence-electron chi connectivity index (χ1n) is 9.92. The lowest BCUT2D eigenvalue weighted by Gasteiger charge is -2.59. The zero-order valence-corrected chi connectivity index (χ0v) is 15.9. The van der Waals surface area contributed by atoms with E-state index in [-0.39, 0.29) is 12.4 Å². The van der Waals surface area contributed by atoms with Crippen molar-refractivity contribution in [3.8, 4) is 0 Å². The molecule has 4 aliphatic rings. The summed E-state index contributed by atoms with van der Waals surface area (Å²) in [7, 11) is 0. The van der Waals surface area contributed by atoms with Crippen LogP contribution in [-0.2, 0) is 6.54 Å². The van der Waals surface area contributed by atoms with E-state index in [1.807, 2.05) is 0 Å². The van der Waals surface area contributed by atoms with E-state index in [1.54, 1.807) is 0 Å². The minimum atomic E-state index is 0. The summed E-state index contributed by atoms with van der Waals surface area (Å²) in [5.41, 5.74) is 2.05. The van der Waals surface area contributed by atoms with Crippen LogP contribution in [0.1, 0.15) is 51.0 Å². The van der Waals surface area contributed by atoms with Crippen molar-refractivity contribution in [3.05, 3.63) is 48.0 Å². The quantitative estimate of drug-likeness (QED) is 0.889. The SMILES string of the molecule is CC(NCc1cccc2ccccc12)C12CC3CC(CC(C3)C1)C2.[Cl-]. The van der Waals surface area contributed by atoms with Crippen LogP contribution >= 0.6 is 0 Å². The molecule has 0 spiro atoms. The standard InChI is InChI=1S/C23H29N.ClH/c1-16(23-12-17-9-18(13-23)11-19(10-17)14-23)24-15-21-7-4-6-20-5-2-3-8-22(20)21;/h2-8,16-19,24H,9-15H2,1H3;1H/p-1. The molecule has 0 saturated heterocycles. The van der Waals surface area contributed by atoms with Gasteiger partial charge >= 0.3 is 0 Å². The van der Waals surface area contributed by atoms with Crippen LogP contribution in [0.2, 0.25) is 0 Å². The maximum absolute atomic E-state index is 3.95. The fourth-order valence-electron chi connectivity index (χ4n) is 6.63. The number of hydrogen-bond acceptors (Lipinski definition) is 1. The van der Waals surface area contributed by atoms with E-state index >= 15 is 0 Å². The second-order valence-electron chi connectivity index (χ2n) is 9.02. The first kappa shape index (κ1) is 17.4. The third-order valence-electron chi connectivity index (χ3n) is 7.48. The second-order valence-corrected chi connectivity index (χ2v) is 9.02. The van der Waals surface area contributed by atoms with Crippen LogP contribution in [0.5, 0.6) is 0 Å². The van der Waals surface area contributed by atoms with Gasteiger partial charge in [0.2, 0.25) is 0 Å². The van der Waals surface area contributed by atoms with Gasteiger partial charge in [-0.25, -0.2) is 0 Å². The summed E-state index contributed by atoms with van der Waals surface area (Å²) >= 11 is 0. The minimum Gasteiger partial charge on any atom is -1.00 e. The van der Waals surface area contributed by atoms with Gasteiger partial charge in [0.1, 0.15) is 0 Å². The van der Waals surface area contributed by atoms with Gasteiger partial charge < -0.3 is 17.7 Å². The Morgan fingerprint density at radius 2 is 1.52 bits per heavy atom. The highest BCUT2D eigenvalue weighted by Gasteiger charge is 2.52. The monoisotopic (exact) mass is 354 g/mol. The van der Waals surface area contributed by atoms with Crippen molar-refractivity contribution in [2.45, 2.75) is 58.0 Å². The van der Waals surface area contributed by atoms with Gasteiger partial charge in [-0.05, 0) is 85.0 Å². The molecular formula is C23H29ClN-. The molecule has 4 bridgehead atoms. The Balaban J connectivity index is 0.00000157. The summed E-state index contributed by atoms with van der Waals surface area (Å²) in [6.07, 6.45) is 9.08. The van der Waals surface area contributed by atoms with Gasteiger partial charge in [-0.15, -0.1) is 0 Å². The average molecular weight is 355 g/mol. The summed E-state index contributed by atoms with van der Waals surface area (Å²) in [6, 6.07) is 16.2. The lowest BCUT2D eigenvalue weighted by atomic mass is 9.48. The van der Waals surface area contributed by atoms with E-state index in [1.165, 1.54) is 54.9 Å². The molecule has 0 radical (unpaired) electrons. The molecule has 0 aromatic heterocycles. The van der Waals surface area contributed by atoms with Gasteiger partial charge in [0.05, 0.1) is 0 Å². The summed E-state index contributed by atoms with van der Waals surface area (Å²) in [4.78, 5) is 0. The van der Waals surface area contributed by atoms with Crippen LogP contribution in [0.15, 0.2) is 42.5 Å². The highest BCUT2D eigenvalue weighted by molar-refractivity contribution is 5.85. The minimum absolute atomic E-state index is 0. The lowest BCUT2D eigenvalue weighted by molar-refractivity contribution is -0.0706. The molecule has 134 valence electrons. The molecule has 2 heteroatoms. The molecule has 2 aromatic carbocycles. The fraction of sp³-hybridized carbons (Fsp3) is 0.565. The van der Waals surface area contributed by atoms with Crippen LogP contribution < -0.4 is 17.7 Å². The number of fused-ring (bicyclic) bond motifs is 1. The van der Waals surface area contributed by atoms with Crippen LogP contribution in [0.3, 0.4) is 0 Å². The van der Waals surface area contributed by atoms with Crippen molar-refractivity contribution in [2.75, 3.05) is 0 Å². The Morgan fingerprint density at radius 3 is 2.20 bits per heavy atom. The van der Waals surface area contributed by atoms with E-state index < -0.39 is 0 Å². The largest absolute Gasteiger partial charge is 1.00 e. The van der Waals surface area contributed by atoms with Gasteiger partial charge in [0.15, 0.2) is 0 Å². The van der Waals surface area contributed by atoms with Gasteiger partial charge in [0.25, 0.3) is 0 Å². The van der Waals surface area contributed by atoms with Crippen LogP contribution in [0.4, 0.5) is 0 Å². The third-order valence-corrected chi connectivity index (χ3v) is 7.48. The predicted molar refractivity (Wildman–Crippen MR) is 101 cm³/mol. The van der Waals surface area contributed by atoms with E-state index in [9.17, 15) is 0 Å². The molecule has 0 aliphatic heterocycles. The van der Waals surface area contributed by atoms with Crippen LogP contribution in [-0.4, -0.2) is 6.04 Å². The highest BCUT2D eigenvalue weighted by Crippen LogP contribution is 2.61. The molecule has 4 aliphatic carbocycles. The van der Waals surface area contributed by atoms with Crippen LogP contribution in [0, 0.1) is 23.2 Å². The Kier molecular flexibility index (Phi) is 4.58. The number of benzene rings is 2. The lowest BCUT2D eigenvalue weighted by Crippen LogP contribution is -3.00. The molecule has 1 nitrogen and oxygen atoms in total. The molecule has 4 saturated carbocycles. The smallest absolute Gasteiger partial charge is 0.0214 e. The molecule has 1 atom stereocenters. The molecule has 4 fully saturated rings. The topological polar surface area (TPSA) is 12.0 Å². The molecule has 0 heterocycles. The molecule has 1 unspecified atom stereocenters. The first-order valence-corrected chi connectivity index (χ1v) is 9.92. The summed E-state index contributed by atoms with van der Waals surface area (Å²) in [6.45, 7) is 3.47. The van der Waals surface area contributed by atoms with Gasteiger partial charge in [-0.2, -0.15) is 0 Å². The van der Waals surface area contributed by atoms with E-state index in [0.29, 0.717) is 11.5 Å². The highest BCUT2D eigenvalue weighted by atomic mass is 35.5. The van der Waals surface area contributed by atoms with Gasteiger partial charge in [0, 0.05) is 12.6 Å². The van der Waals surface area contributed by atoms with E-state index in [2.05, 4.69) is 54.7 Å². The zero-order valence-electron chi connectivity index (χ0n) is 15.2. The Morgan fingerprint density at radius 1 is 0.920 bits per heavy atom. The van der Waals surface area contributed by atoms with Crippen molar-refractivity contribution in [1.82, 2.24) is 5.32 Å². The Labute approximate surface area is 158 Å². The predicted octanol–water partition coefficient (Wildman–Crippen LogP) is 2.54. The van der Waals surface area contributed by atoms with E-state index in [0.717, 1.165) is 24.3 Å². The van der Waals surface area contributed by atoms with Crippen molar-refractivity contribution in [3.63, 3.8) is 0 Å². The first-order chi connectivity index (χ1) is 11.7. The summed E-state index contributed by atoms with van der Waals surface area (Å²) in [5, 5.41) is 6.72. The van der Waals surface area contributed by atoms with Crippen molar-refractivity contribution in [1.29, 1.82) is 0 Å². The molecule has 1 N–H and O–H groups in total. The van der Waals surface area contributed by atoms with Crippen LogP contribution in [0.25, 0.3) is 10.8 Å². The molecule has 0 amide bonds. The van der Waals surface area contributed by atoms with Gasteiger partial charge in [-0.3, -0.25) is 0 Å². The Hall–Kier alpha value is -1.05. The Bertz CT molecular complexity index is 712. The van der Waals surface area contributed by atoms with Crippen molar-refractivity contribution in [2.24, 2.45) is 23.2 Å². The number of halogens is 1.